The van der Waals surface area contributed by atoms with Gasteiger partial charge in [-0.3, -0.25) is 9.59 Å². The van der Waals surface area contributed by atoms with Gasteiger partial charge in [0.05, 0.1) is 10.6 Å². The van der Waals surface area contributed by atoms with E-state index in [-0.39, 0.29) is 16.0 Å². The van der Waals surface area contributed by atoms with E-state index in [4.69, 9.17) is 29.0 Å². The molecular formula is C37H46Cl2N2O2. The molecule has 0 aromatic heterocycles. The number of amides is 2. The van der Waals surface area contributed by atoms with Crippen LogP contribution in [-0.2, 0) is 5.41 Å². The molecular weight excluding hydrogens is 575 g/mol. The van der Waals surface area contributed by atoms with Gasteiger partial charge < -0.3 is 0 Å². The molecule has 0 aliphatic heterocycles. The molecule has 6 heteroatoms. The predicted octanol–water partition coefficient (Wildman–Crippen LogP) is 10.9. The third-order valence-corrected chi connectivity index (χ3v) is 9.59. The second-order valence-electron chi connectivity index (χ2n) is 12.0. The Labute approximate surface area is 267 Å². The molecule has 0 saturated heterocycles. The molecule has 230 valence electrons. The highest BCUT2D eigenvalue weighted by Crippen LogP contribution is 2.54. The summed E-state index contributed by atoms with van der Waals surface area (Å²) in [7, 11) is 0. The lowest BCUT2D eigenvalue weighted by molar-refractivity contribution is 0.0615. The highest BCUT2D eigenvalue weighted by atomic mass is 35.5. The molecule has 0 spiro atoms. The standard InChI is InChI=1S/C37H46Cl2N2O2/c1-3-5-7-9-11-15-23-37(24-16-12-10-8-6-4-2)32-18-14-13-17-29(32)30-21-19-27(25-33(30)37)35(42)41(40)36(43)31-26-28(38)20-22-34(31)39/h13-14,17-22,25-26H,3-12,15-16,23-24,40H2,1-2H3. The molecule has 0 atom stereocenters. The number of fused-ring (bicyclic) bond motifs is 3. The average molecular weight is 622 g/mol. The number of nitrogens with zero attached hydrogens (tertiary/aromatic N) is 1. The summed E-state index contributed by atoms with van der Waals surface area (Å²) in [6.45, 7) is 4.50. The number of nitrogens with two attached hydrogens (primary N) is 1. The number of halogens is 2. The smallest absolute Gasteiger partial charge is 0.267 e. The first kappa shape index (κ1) is 33.2. The highest BCUT2D eigenvalue weighted by Gasteiger charge is 2.42. The molecule has 0 bridgehead atoms. The lowest BCUT2D eigenvalue weighted by atomic mass is 9.70. The number of hydrogen-bond donors (Lipinski definition) is 1. The monoisotopic (exact) mass is 620 g/mol. The van der Waals surface area contributed by atoms with Crippen LogP contribution in [0, 0.1) is 0 Å². The van der Waals surface area contributed by atoms with E-state index in [9.17, 15) is 9.59 Å². The van der Waals surface area contributed by atoms with Crippen LogP contribution in [0.15, 0.2) is 60.7 Å². The van der Waals surface area contributed by atoms with Gasteiger partial charge in [0.15, 0.2) is 0 Å². The van der Waals surface area contributed by atoms with Crippen LogP contribution in [0.2, 0.25) is 10.0 Å². The van der Waals surface area contributed by atoms with E-state index in [1.165, 1.54) is 98.6 Å². The maximum atomic E-state index is 13.7. The molecule has 0 fully saturated rings. The molecule has 3 aromatic carbocycles. The Morgan fingerprint density at radius 2 is 1.26 bits per heavy atom. The van der Waals surface area contributed by atoms with Crippen molar-refractivity contribution in [1.29, 1.82) is 0 Å². The number of rotatable bonds is 16. The van der Waals surface area contributed by atoms with Crippen molar-refractivity contribution in [2.24, 2.45) is 5.84 Å². The third kappa shape index (κ3) is 7.71. The molecule has 43 heavy (non-hydrogen) atoms. The van der Waals surface area contributed by atoms with Gasteiger partial charge in [0.25, 0.3) is 11.8 Å². The van der Waals surface area contributed by atoms with E-state index in [1.807, 2.05) is 12.1 Å². The van der Waals surface area contributed by atoms with Gasteiger partial charge in [-0.2, -0.15) is 0 Å². The Morgan fingerprint density at radius 1 is 0.674 bits per heavy atom. The van der Waals surface area contributed by atoms with E-state index in [0.29, 0.717) is 15.6 Å². The quantitative estimate of drug-likeness (QED) is 0.0569. The van der Waals surface area contributed by atoms with E-state index >= 15 is 0 Å². The summed E-state index contributed by atoms with van der Waals surface area (Å²) in [5.74, 6) is 4.90. The van der Waals surface area contributed by atoms with Crippen molar-refractivity contribution < 1.29 is 9.59 Å². The number of unbranched alkanes of at least 4 members (excludes halogenated alkanes) is 10. The third-order valence-electron chi connectivity index (χ3n) is 9.03. The zero-order valence-corrected chi connectivity index (χ0v) is 27.3. The molecule has 4 rings (SSSR count). The van der Waals surface area contributed by atoms with Crippen LogP contribution >= 0.6 is 23.2 Å². The van der Waals surface area contributed by atoms with Crippen LogP contribution in [-0.4, -0.2) is 16.8 Å². The molecule has 0 radical (unpaired) electrons. The SMILES string of the molecule is CCCCCCCCC1(CCCCCCCC)c2ccccc2-c2ccc(C(=O)N(N)C(=O)c3cc(Cl)ccc3Cl)cc21. The van der Waals surface area contributed by atoms with Crippen LogP contribution in [0.5, 0.6) is 0 Å². The Balaban J connectivity index is 1.66. The van der Waals surface area contributed by atoms with Gasteiger partial charge in [-0.25, -0.2) is 10.9 Å². The molecule has 0 saturated carbocycles. The van der Waals surface area contributed by atoms with Gasteiger partial charge in [-0.05, 0) is 65.4 Å². The Hall–Kier alpha value is -2.66. The molecule has 4 nitrogen and oxygen atoms in total. The molecule has 0 unspecified atom stereocenters. The normalized spacial score (nSPS) is 13.0. The molecule has 1 aliphatic rings. The fraction of sp³-hybridized carbons (Fsp3) is 0.459. The predicted molar refractivity (Wildman–Crippen MR) is 180 cm³/mol. The minimum Gasteiger partial charge on any atom is -0.267 e. The summed E-state index contributed by atoms with van der Waals surface area (Å²) in [4.78, 5) is 26.9. The van der Waals surface area contributed by atoms with Gasteiger partial charge in [-0.1, -0.05) is 144 Å². The lowest BCUT2D eigenvalue weighted by Gasteiger charge is -2.33. The van der Waals surface area contributed by atoms with Crippen molar-refractivity contribution in [3.63, 3.8) is 0 Å². The first-order chi connectivity index (χ1) is 20.8. The van der Waals surface area contributed by atoms with Crippen LogP contribution in [0.25, 0.3) is 11.1 Å². The van der Waals surface area contributed by atoms with Crippen LogP contribution in [0.4, 0.5) is 0 Å². The molecule has 2 amide bonds. The molecule has 1 aliphatic carbocycles. The summed E-state index contributed by atoms with van der Waals surface area (Å²) in [6.07, 6.45) is 16.9. The van der Waals surface area contributed by atoms with E-state index in [2.05, 4.69) is 38.1 Å². The van der Waals surface area contributed by atoms with Gasteiger partial charge in [0.1, 0.15) is 0 Å². The van der Waals surface area contributed by atoms with Crippen molar-refractivity contribution in [2.45, 2.75) is 109 Å². The maximum absolute atomic E-state index is 13.7. The largest absolute Gasteiger partial charge is 0.276 e. The minimum absolute atomic E-state index is 0.0964. The van der Waals surface area contributed by atoms with E-state index in [0.717, 1.165) is 25.7 Å². The van der Waals surface area contributed by atoms with Crippen molar-refractivity contribution >= 4 is 35.0 Å². The zero-order valence-electron chi connectivity index (χ0n) is 25.8. The number of carbonyl (C=O) groups is 2. The van der Waals surface area contributed by atoms with Crippen molar-refractivity contribution in [3.8, 4) is 11.1 Å². The summed E-state index contributed by atoms with van der Waals surface area (Å²) < 4.78 is 0. The van der Waals surface area contributed by atoms with Crippen molar-refractivity contribution in [2.75, 3.05) is 0 Å². The maximum Gasteiger partial charge on any atom is 0.276 e. The molecule has 2 N–H and O–H groups in total. The fourth-order valence-electron chi connectivity index (χ4n) is 6.69. The van der Waals surface area contributed by atoms with Gasteiger partial charge >= 0.3 is 0 Å². The second-order valence-corrected chi connectivity index (χ2v) is 12.9. The zero-order chi connectivity index (χ0) is 30.8. The fourth-order valence-corrected chi connectivity index (χ4v) is 7.06. The van der Waals surface area contributed by atoms with E-state index in [1.54, 1.807) is 12.1 Å². The Bertz CT molecular complexity index is 1390. The summed E-state index contributed by atoms with van der Waals surface area (Å²) in [5.41, 5.74) is 5.30. The second kappa shape index (κ2) is 15.9. The summed E-state index contributed by atoms with van der Waals surface area (Å²) >= 11 is 12.4. The number of hydrazine groups is 1. The van der Waals surface area contributed by atoms with Gasteiger partial charge in [-0.15, -0.1) is 0 Å². The van der Waals surface area contributed by atoms with Crippen LogP contribution in [0.1, 0.15) is 136 Å². The highest BCUT2D eigenvalue weighted by molar-refractivity contribution is 6.36. The molecule has 3 aromatic rings. The van der Waals surface area contributed by atoms with Crippen molar-refractivity contribution in [3.05, 3.63) is 93.0 Å². The summed E-state index contributed by atoms with van der Waals surface area (Å²) in [5, 5.41) is 1.20. The first-order valence-corrected chi connectivity index (χ1v) is 16.9. The number of hydrogen-bond acceptors (Lipinski definition) is 3. The lowest BCUT2D eigenvalue weighted by Crippen LogP contribution is -2.42. The van der Waals surface area contributed by atoms with Crippen LogP contribution in [0.3, 0.4) is 0 Å². The van der Waals surface area contributed by atoms with Gasteiger partial charge in [0, 0.05) is 16.0 Å². The van der Waals surface area contributed by atoms with Crippen molar-refractivity contribution in [1.82, 2.24) is 5.01 Å². The molecule has 0 heterocycles. The number of carbonyl (C=O) groups excluding carboxylic acids is 2. The summed E-state index contributed by atoms with van der Waals surface area (Å²) in [6, 6.07) is 19.1. The van der Waals surface area contributed by atoms with Crippen LogP contribution < -0.4 is 5.84 Å². The average Bonchev–Trinajstić information content (AvgIpc) is 3.29. The minimum atomic E-state index is -0.688. The Morgan fingerprint density at radius 3 is 1.91 bits per heavy atom. The number of benzene rings is 3. The Kier molecular flexibility index (Phi) is 12.3. The van der Waals surface area contributed by atoms with Gasteiger partial charge in [0.2, 0.25) is 0 Å². The number of imide groups is 1. The topological polar surface area (TPSA) is 63.4 Å². The van der Waals surface area contributed by atoms with E-state index < -0.39 is 11.8 Å². The first-order valence-electron chi connectivity index (χ1n) is 16.2.